The maximum Gasteiger partial charge on any atom is 0.221 e. The number of nitrogens with zero attached hydrogens (tertiary/aromatic N) is 1. The second-order valence-corrected chi connectivity index (χ2v) is 2.63. The molecule has 1 aliphatic heterocycles. The number of hydrogen-bond acceptors (Lipinski definition) is 1. The molecule has 0 fully saturated rings. The van der Waals surface area contributed by atoms with E-state index in [-0.39, 0.29) is 0 Å². The average molecular weight is 190 g/mol. The van der Waals surface area contributed by atoms with E-state index >= 15 is 0 Å². The summed E-state index contributed by atoms with van der Waals surface area (Å²) >= 11 is 3.01. The van der Waals surface area contributed by atoms with Crippen LogP contribution in [-0.2, 0) is 0 Å². The van der Waals surface area contributed by atoms with Crippen LogP contribution in [0.5, 0.6) is 0 Å². The van der Waals surface area contributed by atoms with Crippen molar-refractivity contribution in [3.05, 3.63) is 22.7 Å². The second-order valence-electron chi connectivity index (χ2n) is 1.72. The third-order valence-corrected chi connectivity index (χ3v) is 1.53. The molecular weight excluding hydrogens is 185 g/mol. The fourth-order valence-electron chi connectivity index (χ4n) is 0.516. The predicted octanol–water partition coefficient (Wildman–Crippen LogP) is 2.20. The van der Waals surface area contributed by atoms with Gasteiger partial charge in [0.1, 0.15) is 0 Å². The monoisotopic (exact) mass is 189 g/mol. The first-order valence-electron chi connectivity index (χ1n) is 2.43. The molecule has 0 amide bonds. The van der Waals surface area contributed by atoms with Gasteiger partial charge in [0.25, 0.3) is 0 Å². The maximum atomic E-state index is 12.4. The van der Waals surface area contributed by atoms with Gasteiger partial charge in [-0.2, -0.15) is 0 Å². The zero-order valence-electron chi connectivity index (χ0n) is 4.64. The van der Waals surface area contributed by atoms with Gasteiger partial charge in [-0.1, -0.05) is 22.5 Å². The SMILES string of the molecule is C=C1C=NC(F)C(Br)=C1. The van der Waals surface area contributed by atoms with Gasteiger partial charge in [-0.05, 0) is 11.6 Å². The normalized spacial score (nSPS) is 26.2. The van der Waals surface area contributed by atoms with Gasteiger partial charge < -0.3 is 0 Å². The van der Waals surface area contributed by atoms with E-state index in [1.165, 1.54) is 6.21 Å². The van der Waals surface area contributed by atoms with Crippen LogP contribution in [0.2, 0.25) is 0 Å². The molecular formula is C6H5BrFN. The minimum Gasteiger partial charge on any atom is -0.251 e. The Morgan fingerprint density at radius 2 is 2.44 bits per heavy atom. The number of halogens is 2. The number of dihydropyridines is 1. The Balaban J connectivity index is 2.82. The summed E-state index contributed by atoms with van der Waals surface area (Å²) in [6, 6.07) is 0. The predicted molar refractivity (Wildman–Crippen MR) is 39.5 cm³/mol. The van der Waals surface area contributed by atoms with Crippen molar-refractivity contribution in [2.75, 3.05) is 0 Å². The largest absolute Gasteiger partial charge is 0.251 e. The molecule has 1 nitrogen and oxygen atoms in total. The van der Waals surface area contributed by atoms with Crippen LogP contribution in [0.3, 0.4) is 0 Å². The highest BCUT2D eigenvalue weighted by Gasteiger charge is 2.10. The lowest BCUT2D eigenvalue weighted by Crippen LogP contribution is -2.01. The van der Waals surface area contributed by atoms with Crippen molar-refractivity contribution in [2.24, 2.45) is 4.99 Å². The number of aliphatic imine (C=N–C) groups is 1. The van der Waals surface area contributed by atoms with Crippen molar-refractivity contribution in [3.8, 4) is 0 Å². The molecule has 1 aliphatic rings. The lowest BCUT2D eigenvalue weighted by molar-refractivity contribution is 0.411. The number of rotatable bonds is 0. The number of alkyl halides is 1. The van der Waals surface area contributed by atoms with Gasteiger partial charge in [0.15, 0.2) is 0 Å². The fourth-order valence-corrected chi connectivity index (χ4v) is 0.928. The molecule has 48 valence electrons. The van der Waals surface area contributed by atoms with Crippen molar-refractivity contribution in [2.45, 2.75) is 6.30 Å². The molecule has 1 atom stereocenters. The molecule has 0 N–H and O–H groups in total. The fraction of sp³-hybridized carbons (Fsp3) is 0.167. The Morgan fingerprint density at radius 1 is 1.78 bits per heavy atom. The first kappa shape index (κ1) is 6.68. The summed E-state index contributed by atoms with van der Waals surface area (Å²) in [5.41, 5.74) is 0.718. The van der Waals surface area contributed by atoms with Crippen LogP contribution < -0.4 is 0 Å². The molecule has 0 saturated heterocycles. The molecule has 0 aliphatic carbocycles. The van der Waals surface area contributed by atoms with Gasteiger partial charge in [-0.25, -0.2) is 4.39 Å². The number of hydrogen-bond donors (Lipinski definition) is 0. The molecule has 1 unspecified atom stereocenters. The maximum absolute atomic E-state index is 12.4. The molecule has 0 bridgehead atoms. The molecule has 0 aromatic rings. The van der Waals surface area contributed by atoms with Crippen LogP contribution in [0.25, 0.3) is 0 Å². The second kappa shape index (κ2) is 2.43. The molecule has 1 rings (SSSR count). The molecule has 9 heavy (non-hydrogen) atoms. The topological polar surface area (TPSA) is 12.4 Å². The molecule has 0 saturated carbocycles. The Morgan fingerprint density at radius 3 is 2.89 bits per heavy atom. The van der Waals surface area contributed by atoms with Crippen molar-refractivity contribution in [3.63, 3.8) is 0 Å². The highest BCUT2D eigenvalue weighted by atomic mass is 79.9. The Bertz CT molecular complexity index is 195. The van der Waals surface area contributed by atoms with Crippen molar-refractivity contribution < 1.29 is 4.39 Å². The summed E-state index contributed by atoms with van der Waals surface area (Å²) in [5.74, 6) is 0. The lowest BCUT2D eigenvalue weighted by Gasteiger charge is -2.05. The van der Waals surface area contributed by atoms with Gasteiger partial charge in [0.05, 0.1) is 4.48 Å². The highest BCUT2D eigenvalue weighted by molar-refractivity contribution is 9.11. The van der Waals surface area contributed by atoms with E-state index in [4.69, 9.17) is 0 Å². The molecule has 1 heterocycles. The van der Waals surface area contributed by atoms with E-state index in [9.17, 15) is 4.39 Å². The average Bonchev–Trinajstić information content (AvgIpc) is 1.80. The summed E-state index contributed by atoms with van der Waals surface area (Å²) in [6.45, 7) is 3.58. The van der Waals surface area contributed by atoms with Gasteiger partial charge >= 0.3 is 0 Å². The van der Waals surface area contributed by atoms with Crippen LogP contribution in [0.4, 0.5) is 4.39 Å². The summed E-state index contributed by atoms with van der Waals surface area (Å²) in [5, 5.41) is 0. The van der Waals surface area contributed by atoms with Gasteiger partial charge in [-0.15, -0.1) is 0 Å². The van der Waals surface area contributed by atoms with E-state index in [2.05, 4.69) is 27.5 Å². The van der Waals surface area contributed by atoms with E-state index in [1.807, 2.05) is 0 Å². The minimum absolute atomic E-state index is 0.440. The van der Waals surface area contributed by atoms with E-state index < -0.39 is 6.30 Å². The molecule has 0 radical (unpaired) electrons. The highest BCUT2D eigenvalue weighted by Crippen LogP contribution is 2.20. The van der Waals surface area contributed by atoms with Crippen LogP contribution in [-0.4, -0.2) is 12.5 Å². The number of allylic oxidation sites excluding steroid dienone is 2. The molecule has 0 spiro atoms. The van der Waals surface area contributed by atoms with Crippen LogP contribution in [0, 0.1) is 0 Å². The molecule has 0 aromatic carbocycles. The standard InChI is InChI=1S/C6H5BrFN/c1-4-2-5(7)6(8)9-3-4/h2-3,6H,1H2. The zero-order valence-corrected chi connectivity index (χ0v) is 6.23. The van der Waals surface area contributed by atoms with Crippen molar-refractivity contribution in [1.29, 1.82) is 0 Å². The van der Waals surface area contributed by atoms with Crippen molar-refractivity contribution in [1.82, 2.24) is 0 Å². The molecule has 0 aromatic heterocycles. The first-order chi connectivity index (χ1) is 4.20. The first-order valence-corrected chi connectivity index (χ1v) is 3.22. The van der Waals surface area contributed by atoms with E-state index in [0.29, 0.717) is 4.48 Å². The summed E-state index contributed by atoms with van der Waals surface area (Å²) in [6.07, 6.45) is 1.79. The van der Waals surface area contributed by atoms with Crippen LogP contribution >= 0.6 is 15.9 Å². The smallest absolute Gasteiger partial charge is 0.221 e. The Kier molecular flexibility index (Phi) is 1.81. The van der Waals surface area contributed by atoms with Crippen LogP contribution in [0.15, 0.2) is 27.7 Å². The minimum atomic E-state index is -1.23. The van der Waals surface area contributed by atoms with E-state index in [0.717, 1.165) is 5.57 Å². The van der Waals surface area contributed by atoms with Gasteiger partial charge in [0.2, 0.25) is 6.30 Å². The molecule has 3 heteroatoms. The summed E-state index contributed by atoms with van der Waals surface area (Å²) < 4.78 is 12.8. The Labute approximate surface area is 61.1 Å². The van der Waals surface area contributed by atoms with Gasteiger partial charge in [-0.3, -0.25) is 4.99 Å². The van der Waals surface area contributed by atoms with E-state index in [1.54, 1.807) is 6.08 Å². The van der Waals surface area contributed by atoms with Gasteiger partial charge in [0, 0.05) is 6.21 Å². The zero-order chi connectivity index (χ0) is 6.85. The van der Waals surface area contributed by atoms with Crippen LogP contribution in [0.1, 0.15) is 0 Å². The summed E-state index contributed by atoms with van der Waals surface area (Å²) in [7, 11) is 0. The third kappa shape index (κ3) is 1.48. The Hall–Kier alpha value is -0.440. The third-order valence-electron chi connectivity index (χ3n) is 0.922. The lowest BCUT2D eigenvalue weighted by atomic mass is 10.2. The van der Waals surface area contributed by atoms with Crippen molar-refractivity contribution >= 4 is 22.1 Å². The quantitative estimate of drug-likeness (QED) is 0.519. The summed E-state index contributed by atoms with van der Waals surface area (Å²) in [4.78, 5) is 3.49.